The quantitative estimate of drug-likeness (QED) is 0.686. The van der Waals surface area contributed by atoms with Crippen LogP contribution < -0.4 is 11.1 Å². The van der Waals surface area contributed by atoms with Gasteiger partial charge in [0.1, 0.15) is 12.1 Å². The summed E-state index contributed by atoms with van der Waals surface area (Å²) in [6, 6.07) is 6.12. The van der Waals surface area contributed by atoms with E-state index in [1.165, 1.54) is 11.8 Å². The third-order valence-electron chi connectivity index (χ3n) is 5.71. The average molecular weight is 369 g/mol. The van der Waals surface area contributed by atoms with E-state index < -0.39 is 18.1 Å². The minimum atomic E-state index is -0.739. The van der Waals surface area contributed by atoms with E-state index >= 15 is 0 Å². The monoisotopic (exact) mass is 369 g/mol. The minimum absolute atomic E-state index is 0.0294. The highest BCUT2D eigenvalue weighted by Crippen LogP contribution is 2.40. The zero-order chi connectivity index (χ0) is 19.3. The van der Waals surface area contributed by atoms with Gasteiger partial charge in [-0.2, -0.15) is 0 Å². The van der Waals surface area contributed by atoms with Crippen LogP contribution in [0.3, 0.4) is 0 Å². The van der Waals surface area contributed by atoms with Crippen LogP contribution in [0.2, 0.25) is 0 Å². The second kappa shape index (κ2) is 6.38. The van der Waals surface area contributed by atoms with Gasteiger partial charge in [0.2, 0.25) is 17.7 Å². The van der Waals surface area contributed by atoms with Crippen molar-refractivity contribution in [2.45, 2.75) is 31.5 Å². The molecule has 27 heavy (non-hydrogen) atoms. The lowest BCUT2D eigenvalue weighted by molar-refractivity contribution is -0.160. The highest BCUT2D eigenvalue weighted by atomic mass is 16.2. The molecule has 0 unspecified atom stereocenters. The van der Waals surface area contributed by atoms with Gasteiger partial charge < -0.3 is 25.8 Å². The van der Waals surface area contributed by atoms with E-state index in [1.807, 2.05) is 24.3 Å². The molecule has 2 aromatic rings. The Morgan fingerprint density at radius 3 is 2.74 bits per heavy atom. The molecule has 4 rings (SSSR count). The lowest BCUT2D eigenvalue weighted by atomic mass is 9.88. The van der Waals surface area contributed by atoms with Crippen LogP contribution in [0.25, 0.3) is 10.9 Å². The summed E-state index contributed by atoms with van der Waals surface area (Å²) in [5, 5.41) is 3.72. The molecule has 8 nitrogen and oxygen atoms in total. The van der Waals surface area contributed by atoms with Crippen molar-refractivity contribution in [2.24, 2.45) is 5.73 Å². The van der Waals surface area contributed by atoms with E-state index in [0.29, 0.717) is 13.0 Å². The molecule has 0 saturated carbocycles. The molecule has 1 saturated heterocycles. The van der Waals surface area contributed by atoms with Crippen molar-refractivity contribution >= 4 is 28.6 Å². The van der Waals surface area contributed by atoms with Crippen molar-refractivity contribution in [3.63, 3.8) is 0 Å². The summed E-state index contributed by atoms with van der Waals surface area (Å²) >= 11 is 0. The largest absolute Gasteiger partial charge is 0.357 e. The fourth-order valence-corrected chi connectivity index (χ4v) is 4.44. The van der Waals surface area contributed by atoms with Gasteiger partial charge in [-0.15, -0.1) is 0 Å². The number of para-hydroxylation sites is 1. The minimum Gasteiger partial charge on any atom is -0.357 e. The first-order chi connectivity index (χ1) is 13.0. The number of carbonyl (C=O) groups excluding carboxylic acids is 3. The van der Waals surface area contributed by atoms with Crippen molar-refractivity contribution < 1.29 is 14.4 Å². The molecule has 0 spiro atoms. The molecular weight excluding hydrogens is 346 g/mol. The highest BCUT2D eigenvalue weighted by Gasteiger charge is 2.49. The Labute approximate surface area is 156 Å². The molecular formula is C19H23N5O3. The number of nitrogens with zero attached hydrogens (tertiary/aromatic N) is 2. The van der Waals surface area contributed by atoms with Gasteiger partial charge in [0.25, 0.3) is 0 Å². The highest BCUT2D eigenvalue weighted by molar-refractivity contribution is 5.95. The number of benzene rings is 1. The molecule has 2 aliphatic rings. The van der Waals surface area contributed by atoms with E-state index in [4.69, 9.17) is 5.73 Å². The van der Waals surface area contributed by atoms with Crippen LogP contribution in [0.1, 0.15) is 24.2 Å². The topological polar surface area (TPSA) is 112 Å². The van der Waals surface area contributed by atoms with E-state index in [-0.39, 0.29) is 24.3 Å². The number of aromatic nitrogens is 1. The molecule has 3 amide bonds. The Hall–Kier alpha value is -2.87. The fraction of sp³-hybridized carbons (Fsp3) is 0.421. The number of aromatic amines is 1. The van der Waals surface area contributed by atoms with Gasteiger partial charge >= 0.3 is 0 Å². The molecule has 3 atom stereocenters. The number of piperazine rings is 1. The zero-order valence-electron chi connectivity index (χ0n) is 15.4. The molecule has 8 heteroatoms. The van der Waals surface area contributed by atoms with E-state index in [0.717, 1.165) is 22.2 Å². The Morgan fingerprint density at radius 2 is 2.07 bits per heavy atom. The van der Waals surface area contributed by atoms with Crippen LogP contribution in [-0.2, 0) is 20.8 Å². The number of rotatable bonds is 2. The third-order valence-corrected chi connectivity index (χ3v) is 5.71. The standard InChI is InChI=1S/C19H23N5O3/c1-10(25)23-9-16-17-12(11-5-3-4-6-13(11)22-17)7-14(18(26)21-2)24(16)19(27)15(23)8-20/h3-6,14-16,22H,7-9,20H2,1-2H3,(H,21,26)/t14-,15+,16+/m1/s1. The first kappa shape index (κ1) is 17.5. The lowest BCUT2D eigenvalue weighted by Gasteiger charge is -2.49. The van der Waals surface area contributed by atoms with Gasteiger partial charge in [-0.3, -0.25) is 14.4 Å². The van der Waals surface area contributed by atoms with Gasteiger partial charge in [-0.05, 0) is 11.6 Å². The van der Waals surface area contributed by atoms with E-state index in [1.54, 1.807) is 11.9 Å². The number of hydrogen-bond acceptors (Lipinski definition) is 4. The maximum atomic E-state index is 13.2. The maximum Gasteiger partial charge on any atom is 0.248 e. The summed E-state index contributed by atoms with van der Waals surface area (Å²) in [6.45, 7) is 1.79. The molecule has 142 valence electrons. The molecule has 4 N–H and O–H groups in total. The normalized spacial score (nSPS) is 24.6. The average Bonchev–Trinajstić information content (AvgIpc) is 3.05. The van der Waals surface area contributed by atoms with Crippen molar-refractivity contribution in [1.82, 2.24) is 20.1 Å². The van der Waals surface area contributed by atoms with Crippen LogP contribution in [0.4, 0.5) is 0 Å². The van der Waals surface area contributed by atoms with E-state index in [2.05, 4.69) is 10.3 Å². The van der Waals surface area contributed by atoms with Gasteiger partial charge in [-0.1, -0.05) is 18.2 Å². The first-order valence-electron chi connectivity index (χ1n) is 9.08. The van der Waals surface area contributed by atoms with Crippen LogP contribution in [0.15, 0.2) is 24.3 Å². The van der Waals surface area contributed by atoms with Crippen molar-refractivity contribution in [1.29, 1.82) is 0 Å². The van der Waals surface area contributed by atoms with Crippen molar-refractivity contribution in [2.75, 3.05) is 20.1 Å². The Morgan fingerprint density at radius 1 is 1.33 bits per heavy atom. The van der Waals surface area contributed by atoms with Crippen LogP contribution in [0, 0.1) is 0 Å². The van der Waals surface area contributed by atoms with Crippen LogP contribution in [0.5, 0.6) is 0 Å². The predicted octanol–water partition coefficient (Wildman–Crippen LogP) is -0.102. The van der Waals surface area contributed by atoms with Gasteiger partial charge in [0.15, 0.2) is 0 Å². The number of fused-ring (bicyclic) bond motifs is 5. The molecule has 1 aromatic carbocycles. The van der Waals surface area contributed by atoms with Gasteiger partial charge in [0.05, 0.1) is 6.04 Å². The number of hydrogen-bond donors (Lipinski definition) is 3. The summed E-state index contributed by atoms with van der Waals surface area (Å²) in [5.41, 5.74) is 8.69. The zero-order valence-corrected chi connectivity index (χ0v) is 15.4. The molecule has 1 aromatic heterocycles. The first-order valence-corrected chi connectivity index (χ1v) is 9.08. The molecule has 0 radical (unpaired) electrons. The number of nitrogens with two attached hydrogens (primary N) is 1. The number of amides is 3. The molecule has 2 aliphatic heterocycles. The number of H-pyrrole nitrogens is 1. The SMILES string of the molecule is CNC(=O)[C@H]1Cc2c([nH]c3ccccc23)[C@@H]2CN(C(C)=O)[C@@H](CN)C(=O)N12. The molecule has 3 heterocycles. The van der Waals surface area contributed by atoms with Crippen LogP contribution in [-0.4, -0.2) is 64.7 Å². The number of nitrogens with one attached hydrogen (secondary N) is 2. The third kappa shape index (κ3) is 2.51. The lowest BCUT2D eigenvalue weighted by Crippen LogP contribution is -2.67. The number of carbonyl (C=O) groups is 3. The Kier molecular flexibility index (Phi) is 4.15. The summed E-state index contributed by atoms with van der Waals surface area (Å²) in [6.07, 6.45) is 0.429. The summed E-state index contributed by atoms with van der Waals surface area (Å²) in [4.78, 5) is 44.5. The fourth-order valence-electron chi connectivity index (χ4n) is 4.44. The summed E-state index contributed by atoms with van der Waals surface area (Å²) in [5.74, 6) is -0.684. The van der Waals surface area contributed by atoms with Crippen LogP contribution >= 0.6 is 0 Å². The summed E-state index contributed by atoms with van der Waals surface area (Å²) < 4.78 is 0. The number of likely N-dealkylation sites (N-methyl/N-ethyl adjacent to an activating group) is 1. The van der Waals surface area contributed by atoms with E-state index in [9.17, 15) is 14.4 Å². The Balaban J connectivity index is 1.89. The van der Waals surface area contributed by atoms with Gasteiger partial charge in [-0.25, -0.2) is 0 Å². The maximum absolute atomic E-state index is 13.2. The molecule has 0 aliphatic carbocycles. The Bertz CT molecular complexity index is 937. The second-order valence-corrected chi connectivity index (χ2v) is 7.08. The predicted molar refractivity (Wildman–Crippen MR) is 99.7 cm³/mol. The second-order valence-electron chi connectivity index (χ2n) is 7.08. The van der Waals surface area contributed by atoms with Crippen molar-refractivity contribution in [3.05, 3.63) is 35.5 Å². The van der Waals surface area contributed by atoms with Crippen molar-refractivity contribution in [3.8, 4) is 0 Å². The smallest absolute Gasteiger partial charge is 0.248 e. The molecule has 1 fully saturated rings. The molecule has 0 bridgehead atoms. The van der Waals surface area contributed by atoms with Gasteiger partial charge in [0, 0.05) is 50.1 Å². The summed E-state index contributed by atoms with van der Waals surface area (Å²) in [7, 11) is 1.57.